The molecule has 1 aliphatic heterocycles. The molecule has 2 heteroatoms. The summed E-state index contributed by atoms with van der Waals surface area (Å²) in [6.07, 6.45) is 11.8. The van der Waals surface area contributed by atoms with Gasteiger partial charge in [0.15, 0.2) is 0 Å². The van der Waals surface area contributed by atoms with Crippen LogP contribution in [0.2, 0.25) is 0 Å². The molecule has 4 saturated carbocycles. The van der Waals surface area contributed by atoms with Crippen LogP contribution in [0.1, 0.15) is 71.6 Å². The van der Waals surface area contributed by atoms with E-state index in [4.69, 9.17) is 4.74 Å². The van der Waals surface area contributed by atoms with Crippen LogP contribution < -0.4 is 0 Å². The Morgan fingerprint density at radius 2 is 1.64 bits per heavy atom. The van der Waals surface area contributed by atoms with Crippen LogP contribution in [-0.2, 0) is 4.74 Å². The van der Waals surface area contributed by atoms with Crippen LogP contribution in [0.15, 0.2) is 0 Å². The lowest BCUT2D eigenvalue weighted by Gasteiger charge is -2.60. The SMILES string of the molecule is C[C@]12CC[C@]3(CO3)C[C@@H]1CC[C@@H]1[C@@H]2CC[C@]2(C)[C@@H](O)CC[C@@H]12. The van der Waals surface area contributed by atoms with E-state index in [1.165, 1.54) is 51.4 Å². The number of aliphatic hydroxyl groups is 1. The minimum absolute atomic E-state index is 0.0292. The standard InChI is InChI=1S/C20H32O2/c1-18-9-10-20(12-22-20)11-13(18)3-4-14-15-5-6-17(21)19(15,2)8-7-16(14)18/h13-17,21H,3-12H2,1-2H3/t13-,14-,15-,16-,17-,18-,19-,20+/m0/s1. The molecule has 0 bridgehead atoms. The maximum absolute atomic E-state index is 10.5. The first-order valence-electron chi connectivity index (χ1n) is 9.79. The summed E-state index contributed by atoms with van der Waals surface area (Å²) in [4.78, 5) is 0. The highest BCUT2D eigenvalue weighted by Crippen LogP contribution is 2.67. The van der Waals surface area contributed by atoms with Gasteiger partial charge in [-0.2, -0.15) is 0 Å². The molecule has 8 atom stereocenters. The van der Waals surface area contributed by atoms with Crippen LogP contribution in [-0.4, -0.2) is 23.4 Å². The highest BCUT2D eigenvalue weighted by atomic mass is 16.6. The molecule has 0 unspecified atom stereocenters. The molecular weight excluding hydrogens is 272 g/mol. The summed E-state index contributed by atoms with van der Waals surface area (Å²) in [7, 11) is 0. The topological polar surface area (TPSA) is 32.8 Å². The van der Waals surface area contributed by atoms with E-state index in [-0.39, 0.29) is 11.5 Å². The second-order valence-electron chi connectivity index (χ2n) is 9.97. The first-order valence-corrected chi connectivity index (χ1v) is 9.79. The molecule has 1 spiro atoms. The quantitative estimate of drug-likeness (QED) is 0.682. The van der Waals surface area contributed by atoms with Crippen molar-refractivity contribution in [3.63, 3.8) is 0 Å². The highest BCUT2D eigenvalue weighted by molar-refractivity contribution is 5.12. The molecule has 124 valence electrons. The van der Waals surface area contributed by atoms with E-state index in [0.717, 1.165) is 36.7 Å². The number of hydrogen-bond acceptors (Lipinski definition) is 2. The molecule has 1 N–H and O–H groups in total. The fraction of sp³-hybridized carbons (Fsp3) is 1.00. The number of rotatable bonds is 0. The van der Waals surface area contributed by atoms with E-state index in [0.29, 0.717) is 11.0 Å². The van der Waals surface area contributed by atoms with Gasteiger partial charge in [-0.25, -0.2) is 0 Å². The van der Waals surface area contributed by atoms with Crippen LogP contribution in [0.5, 0.6) is 0 Å². The summed E-state index contributed by atoms with van der Waals surface area (Å²) >= 11 is 0. The van der Waals surface area contributed by atoms with Crippen molar-refractivity contribution in [2.45, 2.75) is 83.3 Å². The van der Waals surface area contributed by atoms with Crippen LogP contribution >= 0.6 is 0 Å². The molecule has 22 heavy (non-hydrogen) atoms. The molecule has 5 fully saturated rings. The van der Waals surface area contributed by atoms with E-state index in [9.17, 15) is 5.11 Å². The number of hydrogen-bond donors (Lipinski definition) is 1. The number of aliphatic hydroxyl groups excluding tert-OH is 1. The average Bonchev–Trinajstić information content (AvgIpc) is 3.19. The molecule has 0 aromatic carbocycles. The van der Waals surface area contributed by atoms with Crippen molar-refractivity contribution in [3.05, 3.63) is 0 Å². The van der Waals surface area contributed by atoms with E-state index >= 15 is 0 Å². The third-order valence-electron chi connectivity index (χ3n) is 9.31. The predicted molar refractivity (Wildman–Crippen MR) is 86.4 cm³/mol. The number of fused-ring (bicyclic) bond motifs is 5. The summed E-state index contributed by atoms with van der Waals surface area (Å²) in [5.74, 6) is 3.52. The Hall–Kier alpha value is -0.0800. The Balaban J connectivity index is 1.44. The van der Waals surface area contributed by atoms with Gasteiger partial charge in [-0.05, 0) is 92.3 Å². The average molecular weight is 304 g/mol. The first-order chi connectivity index (χ1) is 10.5. The fourth-order valence-electron chi connectivity index (χ4n) is 7.64. The summed E-state index contributed by atoms with van der Waals surface area (Å²) in [6.45, 7) is 6.06. The zero-order valence-corrected chi connectivity index (χ0v) is 14.3. The maximum Gasteiger partial charge on any atom is 0.0919 e. The van der Waals surface area contributed by atoms with E-state index < -0.39 is 0 Å². The van der Waals surface area contributed by atoms with Crippen LogP contribution in [0.3, 0.4) is 0 Å². The van der Waals surface area contributed by atoms with Crippen molar-refractivity contribution in [1.82, 2.24) is 0 Å². The van der Waals surface area contributed by atoms with Crippen molar-refractivity contribution in [3.8, 4) is 0 Å². The normalized spacial score (nSPS) is 63.1. The van der Waals surface area contributed by atoms with Gasteiger partial charge in [-0.1, -0.05) is 13.8 Å². The Morgan fingerprint density at radius 1 is 0.864 bits per heavy atom. The summed E-state index contributed by atoms with van der Waals surface area (Å²) in [5, 5.41) is 10.5. The van der Waals surface area contributed by atoms with E-state index in [1.807, 2.05) is 0 Å². The van der Waals surface area contributed by atoms with Gasteiger partial charge in [-0.15, -0.1) is 0 Å². The number of ether oxygens (including phenoxy) is 1. The van der Waals surface area contributed by atoms with Crippen molar-refractivity contribution in [2.24, 2.45) is 34.5 Å². The Labute approximate surface area is 135 Å². The van der Waals surface area contributed by atoms with Gasteiger partial charge in [0.05, 0.1) is 18.3 Å². The zero-order chi connectivity index (χ0) is 15.2. The van der Waals surface area contributed by atoms with Gasteiger partial charge in [0.25, 0.3) is 0 Å². The van der Waals surface area contributed by atoms with E-state index in [1.54, 1.807) is 0 Å². The third-order valence-corrected chi connectivity index (χ3v) is 9.31. The zero-order valence-electron chi connectivity index (χ0n) is 14.3. The summed E-state index contributed by atoms with van der Waals surface area (Å²) < 4.78 is 5.83. The molecular formula is C20H32O2. The van der Waals surface area contributed by atoms with Crippen molar-refractivity contribution >= 4 is 0 Å². The maximum atomic E-state index is 10.5. The largest absolute Gasteiger partial charge is 0.393 e. The van der Waals surface area contributed by atoms with Gasteiger partial charge in [0.2, 0.25) is 0 Å². The molecule has 4 aliphatic carbocycles. The van der Waals surface area contributed by atoms with Gasteiger partial charge < -0.3 is 9.84 Å². The molecule has 0 aromatic heterocycles. The monoisotopic (exact) mass is 304 g/mol. The molecule has 5 aliphatic rings. The Kier molecular flexibility index (Phi) is 2.79. The number of epoxide rings is 1. The molecule has 1 saturated heterocycles. The Morgan fingerprint density at radius 3 is 2.41 bits per heavy atom. The van der Waals surface area contributed by atoms with Crippen molar-refractivity contribution in [1.29, 1.82) is 0 Å². The molecule has 1 heterocycles. The molecule has 2 nitrogen and oxygen atoms in total. The summed E-state index contributed by atoms with van der Waals surface area (Å²) in [6, 6.07) is 0. The lowest BCUT2D eigenvalue weighted by Crippen LogP contribution is -2.54. The van der Waals surface area contributed by atoms with Crippen LogP contribution in [0, 0.1) is 34.5 Å². The smallest absolute Gasteiger partial charge is 0.0919 e. The van der Waals surface area contributed by atoms with Crippen LogP contribution in [0.4, 0.5) is 0 Å². The summed E-state index contributed by atoms with van der Waals surface area (Å²) in [5.41, 5.74) is 1.12. The Bertz CT molecular complexity index is 484. The van der Waals surface area contributed by atoms with Gasteiger partial charge >= 0.3 is 0 Å². The van der Waals surface area contributed by atoms with Crippen LogP contribution in [0.25, 0.3) is 0 Å². The minimum Gasteiger partial charge on any atom is -0.393 e. The highest BCUT2D eigenvalue weighted by Gasteiger charge is 2.63. The third kappa shape index (κ3) is 1.69. The predicted octanol–water partition coefficient (Wildman–Crippen LogP) is 4.16. The molecule has 0 amide bonds. The van der Waals surface area contributed by atoms with Crippen molar-refractivity contribution in [2.75, 3.05) is 6.61 Å². The fourth-order valence-corrected chi connectivity index (χ4v) is 7.64. The van der Waals surface area contributed by atoms with Gasteiger partial charge in [0, 0.05) is 0 Å². The second-order valence-corrected chi connectivity index (χ2v) is 9.97. The van der Waals surface area contributed by atoms with E-state index in [2.05, 4.69) is 13.8 Å². The van der Waals surface area contributed by atoms with Gasteiger partial charge in [0.1, 0.15) is 0 Å². The minimum atomic E-state index is -0.0292. The molecule has 0 radical (unpaired) electrons. The van der Waals surface area contributed by atoms with Crippen molar-refractivity contribution < 1.29 is 9.84 Å². The van der Waals surface area contributed by atoms with Gasteiger partial charge in [-0.3, -0.25) is 0 Å². The first kappa shape index (κ1) is 14.3. The lowest BCUT2D eigenvalue weighted by molar-refractivity contribution is -0.128. The molecule has 0 aromatic rings. The molecule has 5 rings (SSSR count). The second kappa shape index (κ2) is 4.30. The lowest BCUT2D eigenvalue weighted by atomic mass is 9.44.